The molecule has 56 valence electrons. The molecule has 2 nitrogen and oxygen atoms in total. The molecule has 0 fully saturated rings. The first kappa shape index (κ1) is 7.06. The van der Waals surface area contributed by atoms with E-state index < -0.39 is 12.6 Å². The topological polar surface area (TPSA) is 26.3 Å². The molecule has 0 aliphatic heterocycles. The van der Waals surface area contributed by atoms with Crippen LogP contribution in [-0.4, -0.2) is 12.6 Å². The lowest BCUT2D eigenvalue weighted by Crippen LogP contribution is -2.04. The van der Waals surface area contributed by atoms with Crippen LogP contribution >= 0.6 is 0 Å². The van der Waals surface area contributed by atoms with Gasteiger partial charge in [-0.05, 0) is 13.8 Å². The number of carbonyl (C=O) groups is 1. The zero-order valence-electron chi connectivity index (χ0n) is 7.26. The molecular formula is C8H12O2. The fourth-order valence-electron chi connectivity index (χ4n) is 0.445. The Balaban J connectivity index is 4.03. The van der Waals surface area contributed by atoms with Gasteiger partial charge in [-0.1, -0.05) is 18.7 Å². The molecule has 0 aliphatic carbocycles. The highest BCUT2D eigenvalue weighted by Gasteiger charge is 2.00. The van der Waals surface area contributed by atoms with E-state index >= 15 is 0 Å². The van der Waals surface area contributed by atoms with Gasteiger partial charge in [0, 0.05) is 5.57 Å². The van der Waals surface area contributed by atoms with Crippen molar-refractivity contribution in [3.05, 3.63) is 24.3 Å². The number of carbonyl (C=O) groups excluding carboxylic acids is 1. The molecule has 2 heteroatoms. The Hall–Kier alpha value is -1.05. The summed E-state index contributed by atoms with van der Waals surface area (Å²) in [7, 11) is 0. The molecule has 0 aromatic heterocycles. The van der Waals surface area contributed by atoms with Crippen LogP contribution in [0, 0.1) is 0 Å². The molecule has 1 unspecified atom stereocenters. The van der Waals surface area contributed by atoms with Crippen LogP contribution in [0.5, 0.6) is 0 Å². The fraction of sp³-hybridized carbons (Fsp3) is 0.375. The maximum Gasteiger partial charge on any atom is 0.333 e. The first-order valence-electron chi connectivity index (χ1n) is 3.58. The normalized spacial score (nSPS) is 15.4. The van der Waals surface area contributed by atoms with E-state index in [9.17, 15) is 4.79 Å². The third kappa shape index (κ3) is 3.07. The van der Waals surface area contributed by atoms with E-state index in [1.54, 1.807) is 13.0 Å². The predicted octanol–water partition coefficient (Wildman–Crippen LogP) is 1.68. The summed E-state index contributed by atoms with van der Waals surface area (Å²) in [6.45, 7) is 5.72. The van der Waals surface area contributed by atoms with Gasteiger partial charge < -0.3 is 4.74 Å². The van der Waals surface area contributed by atoms with E-state index in [4.69, 9.17) is 1.37 Å². The van der Waals surface area contributed by atoms with Crippen LogP contribution in [0.15, 0.2) is 24.3 Å². The van der Waals surface area contributed by atoms with Crippen molar-refractivity contribution in [3.63, 3.8) is 0 Å². The number of ether oxygens (including phenoxy) is 1. The summed E-state index contributed by atoms with van der Waals surface area (Å²) >= 11 is 0. The Morgan fingerprint density at radius 2 is 2.50 bits per heavy atom. The van der Waals surface area contributed by atoms with Crippen LogP contribution < -0.4 is 0 Å². The van der Waals surface area contributed by atoms with Crippen molar-refractivity contribution in [1.82, 2.24) is 0 Å². The molecule has 0 aliphatic rings. The molecular weight excluding hydrogens is 128 g/mol. The third-order valence-corrected chi connectivity index (χ3v) is 0.915. The molecule has 0 saturated carbocycles. The number of hydrogen-bond acceptors (Lipinski definition) is 2. The van der Waals surface area contributed by atoms with Gasteiger partial charge in [-0.2, -0.15) is 0 Å². The van der Waals surface area contributed by atoms with E-state index in [-0.39, 0.29) is 0 Å². The first-order chi connectivity index (χ1) is 5.07. The van der Waals surface area contributed by atoms with Crippen molar-refractivity contribution in [1.29, 1.82) is 0 Å². The average Bonchev–Trinajstić information content (AvgIpc) is 1.86. The molecule has 0 amide bonds. The van der Waals surface area contributed by atoms with Crippen LogP contribution in [0.3, 0.4) is 0 Å². The summed E-state index contributed by atoms with van der Waals surface area (Å²) in [5.41, 5.74) is 0.458. The molecule has 0 N–H and O–H groups in total. The lowest BCUT2D eigenvalue weighted by Gasteiger charge is -1.98. The van der Waals surface area contributed by atoms with E-state index in [0.717, 1.165) is 0 Å². The van der Waals surface area contributed by atoms with Crippen LogP contribution in [-0.2, 0) is 9.53 Å². The Morgan fingerprint density at radius 3 is 2.90 bits per heavy atom. The highest BCUT2D eigenvalue weighted by Crippen LogP contribution is 1.95. The van der Waals surface area contributed by atoms with E-state index in [2.05, 4.69) is 11.3 Å². The molecule has 0 radical (unpaired) electrons. The van der Waals surface area contributed by atoms with Crippen molar-refractivity contribution in [2.24, 2.45) is 0 Å². The van der Waals surface area contributed by atoms with Gasteiger partial charge in [0.1, 0.15) is 0 Å². The highest BCUT2D eigenvalue weighted by atomic mass is 16.5. The van der Waals surface area contributed by atoms with Crippen molar-refractivity contribution in [2.45, 2.75) is 13.8 Å². The molecule has 10 heavy (non-hydrogen) atoms. The minimum absolute atomic E-state index is 0.458. The van der Waals surface area contributed by atoms with Gasteiger partial charge in [-0.15, -0.1) is 0 Å². The van der Waals surface area contributed by atoms with Gasteiger partial charge in [0.05, 0.1) is 7.95 Å². The highest BCUT2D eigenvalue weighted by molar-refractivity contribution is 5.88. The van der Waals surface area contributed by atoms with Crippen LogP contribution in [0.4, 0.5) is 0 Å². The lowest BCUT2D eigenvalue weighted by atomic mass is 10.3. The van der Waals surface area contributed by atoms with E-state index in [1.807, 2.05) is 0 Å². The minimum Gasteiger partial charge on any atom is -0.463 e. The zero-order valence-corrected chi connectivity index (χ0v) is 6.26. The summed E-state index contributed by atoms with van der Waals surface area (Å²) in [6.07, 6.45) is 3.05. The lowest BCUT2D eigenvalue weighted by molar-refractivity contribution is -0.138. The molecule has 0 aromatic carbocycles. The minimum atomic E-state index is -0.810. The monoisotopic (exact) mass is 141 g/mol. The SMILES string of the molecule is [2H]C(C)OC(=O)C(C)=CC=C. The van der Waals surface area contributed by atoms with Gasteiger partial charge in [0.25, 0.3) is 0 Å². The maximum atomic E-state index is 10.9. The second kappa shape index (κ2) is 4.79. The second-order valence-corrected chi connectivity index (χ2v) is 1.73. The summed E-state index contributed by atoms with van der Waals surface area (Å²) in [5.74, 6) is -0.465. The van der Waals surface area contributed by atoms with Gasteiger partial charge >= 0.3 is 5.97 Å². The second-order valence-electron chi connectivity index (χ2n) is 1.73. The molecule has 0 aromatic rings. The van der Waals surface area contributed by atoms with E-state index in [0.29, 0.717) is 5.57 Å². The number of rotatable bonds is 3. The van der Waals surface area contributed by atoms with Gasteiger partial charge in [0.15, 0.2) is 0 Å². The number of allylic oxidation sites excluding steroid dienone is 2. The van der Waals surface area contributed by atoms with Crippen molar-refractivity contribution < 1.29 is 10.9 Å². The van der Waals surface area contributed by atoms with Gasteiger partial charge in [0.2, 0.25) is 0 Å². The Morgan fingerprint density at radius 1 is 1.90 bits per heavy atom. The summed E-state index contributed by atoms with van der Waals surface area (Å²) in [4.78, 5) is 10.9. The molecule has 0 spiro atoms. The van der Waals surface area contributed by atoms with Crippen molar-refractivity contribution >= 4 is 5.97 Å². The largest absolute Gasteiger partial charge is 0.463 e. The first-order valence-corrected chi connectivity index (χ1v) is 3.00. The quantitative estimate of drug-likeness (QED) is 0.339. The van der Waals surface area contributed by atoms with Gasteiger partial charge in [-0.25, -0.2) is 4.79 Å². The van der Waals surface area contributed by atoms with Crippen LogP contribution in [0.1, 0.15) is 15.2 Å². The summed E-state index contributed by atoms with van der Waals surface area (Å²) in [5, 5.41) is 0. The molecule has 1 atom stereocenters. The summed E-state index contributed by atoms with van der Waals surface area (Å²) in [6, 6.07) is 0. The van der Waals surface area contributed by atoms with Crippen LogP contribution in [0.2, 0.25) is 0 Å². The number of hydrogen-bond donors (Lipinski definition) is 0. The smallest absolute Gasteiger partial charge is 0.333 e. The zero-order chi connectivity index (χ0) is 8.85. The fourth-order valence-corrected chi connectivity index (χ4v) is 0.445. The van der Waals surface area contributed by atoms with Crippen molar-refractivity contribution in [2.75, 3.05) is 6.58 Å². The molecule has 0 heterocycles. The molecule has 0 rings (SSSR count). The molecule has 0 saturated heterocycles. The Bertz CT molecular complexity index is 183. The Labute approximate surface area is 62.6 Å². The van der Waals surface area contributed by atoms with E-state index in [1.165, 1.54) is 13.0 Å². The average molecular weight is 141 g/mol. The molecule has 0 bridgehead atoms. The third-order valence-electron chi connectivity index (χ3n) is 0.915. The standard InChI is InChI=1S/C8H12O2/c1-4-6-7(3)8(9)10-5-2/h4,6H,1,5H2,2-3H3/i5D. The van der Waals surface area contributed by atoms with Crippen LogP contribution in [0.25, 0.3) is 0 Å². The maximum absolute atomic E-state index is 10.9. The Kier molecular flexibility index (Phi) is 3.39. The van der Waals surface area contributed by atoms with Crippen molar-refractivity contribution in [3.8, 4) is 0 Å². The predicted molar refractivity (Wildman–Crippen MR) is 40.6 cm³/mol. The summed E-state index contributed by atoms with van der Waals surface area (Å²) < 4.78 is 11.5. The van der Waals surface area contributed by atoms with Gasteiger partial charge in [-0.3, -0.25) is 0 Å². The number of esters is 1.